The van der Waals surface area contributed by atoms with Crippen molar-refractivity contribution in [3.63, 3.8) is 0 Å². The number of halogens is 3. The van der Waals surface area contributed by atoms with Gasteiger partial charge < -0.3 is 10.3 Å². The third-order valence-electron chi connectivity index (χ3n) is 2.42. The molecule has 102 valence electrons. The number of aromatic nitrogens is 1. The summed E-state index contributed by atoms with van der Waals surface area (Å²) in [6.45, 7) is 2.19. The van der Waals surface area contributed by atoms with Gasteiger partial charge in [0, 0.05) is 0 Å². The van der Waals surface area contributed by atoms with E-state index in [-0.39, 0.29) is 16.8 Å². The molecule has 0 saturated heterocycles. The van der Waals surface area contributed by atoms with Crippen molar-refractivity contribution in [1.29, 1.82) is 5.26 Å². The van der Waals surface area contributed by atoms with Gasteiger partial charge in [0.25, 0.3) is 11.5 Å². The molecule has 0 aliphatic rings. The highest BCUT2D eigenvalue weighted by atomic mass is 19.4. The smallest absolute Gasteiger partial charge is 0.339 e. The van der Waals surface area contributed by atoms with Gasteiger partial charge in [0.05, 0.1) is 0 Å². The predicted octanol–water partition coefficient (Wildman–Crippen LogP) is 1.24. The maximum Gasteiger partial charge on any atom is 0.408 e. The summed E-state index contributed by atoms with van der Waals surface area (Å²) < 4.78 is 36.9. The van der Waals surface area contributed by atoms with Gasteiger partial charge in [0.15, 0.2) is 0 Å². The second-order valence-corrected chi connectivity index (χ2v) is 3.92. The van der Waals surface area contributed by atoms with E-state index >= 15 is 0 Å². The number of nitrogens with zero attached hydrogens (tertiary/aromatic N) is 1. The number of alkyl halides is 3. The second kappa shape index (κ2) is 5.14. The second-order valence-electron chi connectivity index (χ2n) is 3.92. The number of nitriles is 1. The number of aryl methyl sites for hydroxylation is 1. The molecule has 0 radical (unpaired) electrons. The standard InChI is InChI=1S/C11H10F3N3O2/c1-5-3-7(4-15)9(18)17-8(5)10(19)16-6(2)11(12,13)14/h3,6H,1-2H3,(H,16,19)(H,17,18)/t6-/m0/s1. The molecule has 8 heteroatoms. The first-order valence-electron chi connectivity index (χ1n) is 5.18. The number of carbonyl (C=O) groups is 1. The summed E-state index contributed by atoms with van der Waals surface area (Å²) in [5.74, 6) is -1.05. The van der Waals surface area contributed by atoms with E-state index in [2.05, 4.69) is 4.98 Å². The molecule has 1 rings (SSSR count). The summed E-state index contributed by atoms with van der Waals surface area (Å²) in [6.07, 6.45) is -4.57. The lowest BCUT2D eigenvalue weighted by atomic mass is 10.1. The van der Waals surface area contributed by atoms with Gasteiger partial charge in [-0.2, -0.15) is 18.4 Å². The predicted molar refractivity (Wildman–Crippen MR) is 59.5 cm³/mol. The molecule has 0 bridgehead atoms. The summed E-state index contributed by atoms with van der Waals surface area (Å²) in [4.78, 5) is 25.0. The minimum Gasteiger partial charge on any atom is -0.339 e. The molecule has 1 aromatic rings. The lowest BCUT2D eigenvalue weighted by Crippen LogP contribution is -2.44. The summed E-state index contributed by atoms with van der Waals surface area (Å²) in [7, 11) is 0. The van der Waals surface area contributed by atoms with Crippen molar-refractivity contribution in [2.75, 3.05) is 0 Å². The monoisotopic (exact) mass is 273 g/mol. The Morgan fingerprint density at radius 2 is 2.11 bits per heavy atom. The summed E-state index contributed by atoms with van der Waals surface area (Å²) >= 11 is 0. The van der Waals surface area contributed by atoms with E-state index in [0.717, 1.165) is 13.0 Å². The largest absolute Gasteiger partial charge is 0.408 e. The first-order valence-corrected chi connectivity index (χ1v) is 5.18. The molecule has 0 aliphatic carbocycles. The third kappa shape index (κ3) is 3.34. The number of nitrogens with one attached hydrogen (secondary N) is 2. The Morgan fingerprint density at radius 3 is 2.58 bits per heavy atom. The van der Waals surface area contributed by atoms with Crippen molar-refractivity contribution in [2.24, 2.45) is 0 Å². The van der Waals surface area contributed by atoms with Crippen LogP contribution in [0.5, 0.6) is 0 Å². The number of pyridine rings is 1. The number of rotatable bonds is 2. The Kier molecular flexibility index (Phi) is 3.99. The Labute approximate surface area is 106 Å². The lowest BCUT2D eigenvalue weighted by molar-refractivity contribution is -0.149. The van der Waals surface area contributed by atoms with Gasteiger partial charge in [-0.15, -0.1) is 0 Å². The Morgan fingerprint density at radius 1 is 1.53 bits per heavy atom. The molecule has 1 amide bonds. The number of hydrogen-bond donors (Lipinski definition) is 2. The normalized spacial score (nSPS) is 12.6. The maximum atomic E-state index is 12.3. The van der Waals surface area contributed by atoms with Gasteiger partial charge >= 0.3 is 6.18 Å². The Balaban J connectivity index is 3.06. The fourth-order valence-corrected chi connectivity index (χ4v) is 1.30. The van der Waals surface area contributed by atoms with Crippen LogP contribution in [-0.2, 0) is 0 Å². The maximum absolute atomic E-state index is 12.3. The quantitative estimate of drug-likeness (QED) is 0.849. The topological polar surface area (TPSA) is 85.8 Å². The molecule has 0 aromatic carbocycles. The number of hydrogen-bond acceptors (Lipinski definition) is 3. The van der Waals surface area contributed by atoms with Crippen LogP contribution in [0.3, 0.4) is 0 Å². The molecule has 19 heavy (non-hydrogen) atoms. The Bertz CT molecular complexity index is 599. The van der Waals surface area contributed by atoms with Crippen LogP contribution in [0.4, 0.5) is 13.2 Å². The van der Waals surface area contributed by atoms with Crippen molar-refractivity contribution in [2.45, 2.75) is 26.1 Å². The molecule has 0 spiro atoms. The average molecular weight is 273 g/mol. The molecule has 0 unspecified atom stereocenters. The van der Waals surface area contributed by atoms with Crippen LogP contribution >= 0.6 is 0 Å². The fraction of sp³-hybridized carbons (Fsp3) is 0.364. The highest BCUT2D eigenvalue weighted by molar-refractivity contribution is 5.93. The zero-order chi connectivity index (χ0) is 14.8. The average Bonchev–Trinajstić information content (AvgIpc) is 2.30. The van der Waals surface area contributed by atoms with Gasteiger partial charge in [-0.3, -0.25) is 9.59 Å². The molecule has 1 atom stereocenters. The van der Waals surface area contributed by atoms with E-state index < -0.39 is 23.7 Å². The number of aromatic amines is 1. The zero-order valence-electron chi connectivity index (χ0n) is 10.1. The third-order valence-corrected chi connectivity index (χ3v) is 2.42. The molecular weight excluding hydrogens is 263 g/mol. The van der Waals surface area contributed by atoms with Crippen LogP contribution in [0.25, 0.3) is 0 Å². The van der Waals surface area contributed by atoms with E-state index in [1.54, 1.807) is 11.4 Å². The van der Waals surface area contributed by atoms with E-state index in [0.29, 0.717) is 0 Å². The zero-order valence-corrected chi connectivity index (χ0v) is 10.1. The van der Waals surface area contributed by atoms with Crippen LogP contribution in [0.15, 0.2) is 10.9 Å². The van der Waals surface area contributed by atoms with Crippen LogP contribution < -0.4 is 10.9 Å². The van der Waals surface area contributed by atoms with Gasteiger partial charge in [-0.05, 0) is 25.5 Å². The van der Waals surface area contributed by atoms with Crippen molar-refractivity contribution in [1.82, 2.24) is 10.3 Å². The summed E-state index contributed by atoms with van der Waals surface area (Å²) in [5.41, 5.74) is -1.11. The molecule has 1 heterocycles. The van der Waals surface area contributed by atoms with Crippen LogP contribution in [0.2, 0.25) is 0 Å². The van der Waals surface area contributed by atoms with Gasteiger partial charge in [0.1, 0.15) is 23.4 Å². The Hall–Kier alpha value is -2.30. The van der Waals surface area contributed by atoms with Crippen molar-refractivity contribution < 1.29 is 18.0 Å². The van der Waals surface area contributed by atoms with Crippen LogP contribution in [0.1, 0.15) is 28.5 Å². The van der Waals surface area contributed by atoms with Crippen molar-refractivity contribution in [3.8, 4) is 6.07 Å². The van der Waals surface area contributed by atoms with Crippen LogP contribution in [-0.4, -0.2) is 23.1 Å². The minimum absolute atomic E-state index is 0.210. The first-order chi connectivity index (χ1) is 8.66. The first kappa shape index (κ1) is 14.8. The fourth-order valence-electron chi connectivity index (χ4n) is 1.30. The molecule has 2 N–H and O–H groups in total. The number of amides is 1. The number of H-pyrrole nitrogens is 1. The minimum atomic E-state index is -4.57. The molecule has 0 aliphatic heterocycles. The van der Waals surface area contributed by atoms with Crippen molar-refractivity contribution in [3.05, 3.63) is 33.2 Å². The molecule has 1 aromatic heterocycles. The SMILES string of the molecule is Cc1cc(C#N)c(=O)[nH]c1C(=O)N[C@@H](C)C(F)(F)F. The van der Waals surface area contributed by atoms with Gasteiger partial charge in [-0.1, -0.05) is 0 Å². The summed E-state index contributed by atoms with van der Waals surface area (Å²) in [5, 5.41) is 10.3. The molecule has 0 saturated carbocycles. The van der Waals surface area contributed by atoms with E-state index in [9.17, 15) is 22.8 Å². The summed E-state index contributed by atoms with van der Waals surface area (Å²) in [6, 6.07) is 0.714. The van der Waals surface area contributed by atoms with Crippen molar-refractivity contribution >= 4 is 5.91 Å². The molecule has 5 nitrogen and oxygen atoms in total. The van der Waals surface area contributed by atoms with E-state index in [1.165, 1.54) is 6.92 Å². The number of carbonyl (C=O) groups excluding carboxylic acids is 1. The lowest BCUT2D eigenvalue weighted by Gasteiger charge is -2.17. The van der Waals surface area contributed by atoms with E-state index in [1.807, 2.05) is 0 Å². The van der Waals surface area contributed by atoms with Crippen LogP contribution in [0, 0.1) is 18.3 Å². The van der Waals surface area contributed by atoms with E-state index in [4.69, 9.17) is 5.26 Å². The van der Waals surface area contributed by atoms with Gasteiger partial charge in [0.2, 0.25) is 0 Å². The highest BCUT2D eigenvalue weighted by Gasteiger charge is 2.37. The molecular formula is C11H10F3N3O2. The highest BCUT2D eigenvalue weighted by Crippen LogP contribution is 2.19. The van der Waals surface area contributed by atoms with Gasteiger partial charge in [-0.25, -0.2) is 0 Å². The molecule has 0 fully saturated rings.